The molecule has 0 spiro atoms. The minimum absolute atomic E-state index is 0.497. The Hall–Kier alpha value is -1.78. The largest absolute Gasteiger partial charge is 0.444 e. The van der Waals surface area contributed by atoms with Gasteiger partial charge in [-0.3, -0.25) is 0 Å². The molecule has 0 saturated carbocycles. The number of aryl methyl sites for hydroxylation is 1. The molecule has 1 heterocycles. The summed E-state index contributed by atoms with van der Waals surface area (Å²) in [5.41, 5.74) is 10.9. The van der Waals surface area contributed by atoms with Crippen molar-refractivity contribution in [1.29, 1.82) is 0 Å². The van der Waals surface area contributed by atoms with Gasteiger partial charge >= 0.3 is 6.09 Å². The fourth-order valence-corrected chi connectivity index (χ4v) is 1.35. The van der Waals surface area contributed by atoms with Gasteiger partial charge in [0.05, 0.1) is 0 Å². The summed E-state index contributed by atoms with van der Waals surface area (Å²) in [4.78, 5) is 14.6. The Bertz CT molecular complexity index is 360. The van der Waals surface area contributed by atoms with E-state index in [1.165, 1.54) is 0 Å². The molecule has 0 saturated heterocycles. The van der Waals surface area contributed by atoms with Crippen molar-refractivity contribution in [3.8, 4) is 0 Å². The molecule has 0 radical (unpaired) electrons. The second-order valence-corrected chi connectivity index (χ2v) is 4.27. The van der Waals surface area contributed by atoms with Crippen molar-refractivity contribution in [3.63, 3.8) is 0 Å². The Morgan fingerprint density at radius 3 is 2.69 bits per heavy atom. The molecule has 5 nitrogen and oxygen atoms in total. The molecule has 1 aromatic rings. The highest BCUT2D eigenvalue weighted by atomic mass is 16.6. The maximum Gasteiger partial charge on any atom is 0.405 e. The first-order chi connectivity index (χ1) is 7.39. The number of nitrogens with zero attached hydrogens (tertiary/aromatic N) is 1. The summed E-state index contributed by atoms with van der Waals surface area (Å²) in [5, 5.41) is 0. The number of carbonyl (C=O) groups excluding carboxylic acids is 1. The van der Waals surface area contributed by atoms with E-state index in [0.29, 0.717) is 12.2 Å². The molecule has 1 amide bonds. The van der Waals surface area contributed by atoms with Gasteiger partial charge in [-0.25, -0.2) is 9.78 Å². The van der Waals surface area contributed by atoms with Crippen LogP contribution in [-0.2, 0) is 11.2 Å². The van der Waals surface area contributed by atoms with Crippen LogP contribution in [0, 0.1) is 0 Å². The first-order valence-electron chi connectivity index (χ1n) is 5.08. The van der Waals surface area contributed by atoms with Crippen LogP contribution in [0.15, 0.2) is 18.3 Å². The Labute approximate surface area is 94.8 Å². The zero-order chi connectivity index (χ0) is 12.2. The lowest BCUT2D eigenvalue weighted by molar-refractivity contribution is 0.0394. The number of pyridine rings is 1. The normalized spacial score (nSPS) is 11.1. The number of primary amides is 1. The van der Waals surface area contributed by atoms with Crippen LogP contribution in [-0.4, -0.2) is 16.7 Å². The van der Waals surface area contributed by atoms with Gasteiger partial charge in [0, 0.05) is 6.20 Å². The average Bonchev–Trinajstić information content (AvgIpc) is 2.15. The van der Waals surface area contributed by atoms with E-state index in [1.54, 1.807) is 12.3 Å². The Morgan fingerprint density at radius 2 is 2.19 bits per heavy atom. The van der Waals surface area contributed by atoms with Crippen molar-refractivity contribution >= 4 is 11.9 Å². The molecule has 0 fully saturated rings. The minimum atomic E-state index is -0.750. The van der Waals surface area contributed by atoms with Crippen LogP contribution in [0.3, 0.4) is 0 Å². The Kier molecular flexibility index (Phi) is 3.71. The van der Waals surface area contributed by atoms with Crippen LogP contribution in [0.2, 0.25) is 0 Å². The van der Waals surface area contributed by atoms with Crippen LogP contribution in [0.1, 0.15) is 25.8 Å². The summed E-state index contributed by atoms with van der Waals surface area (Å²) in [7, 11) is 0. The summed E-state index contributed by atoms with van der Waals surface area (Å²) < 4.78 is 4.98. The Balaban J connectivity index is 2.50. The van der Waals surface area contributed by atoms with Crippen molar-refractivity contribution in [2.24, 2.45) is 5.73 Å². The first-order valence-corrected chi connectivity index (χ1v) is 5.08. The number of anilines is 1. The molecule has 88 valence electrons. The van der Waals surface area contributed by atoms with Gasteiger partial charge in [0.25, 0.3) is 0 Å². The lowest BCUT2D eigenvalue weighted by Gasteiger charge is -2.23. The number of ether oxygens (including phenoxy) is 1. The number of nitrogens with two attached hydrogens (primary N) is 2. The van der Waals surface area contributed by atoms with Crippen molar-refractivity contribution in [1.82, 2.24) is 4.98 Å². The predicted octanol–water partition coefficient (Wildman–Crippen LogP) is 1.47. The molecule has 4 N–H and O–H groups in total. The molecule has 0 bridgehead atoms. The predicted molar refractivity (Wildman–Crippen MR) is 61.7 cm³/mol. The maximum absolute atomic E-state index is 10.6. The lowest BCUT2D eigenvalue weighted by Crippen LogP contribution is -2.31. The van der Waals surface area contributed by atoms with E-state index < -0.39 is 11.7 Å². The SMILES string of the molecule is CC(C)(CCc1ccc(N)nc1)OC(N)=O. The van der Waals surface area contributed by atoms with E-state index in [-0.39, 0.29) is 0 Å². The molecule has 0 atom stereocenters. The van der Waals surface area contributed by atoms with Crippen molar-refractivity contribution in [2.75, 3.05) is 5.73 Å². The highest BCUT2D eigenvalue weighted by Crippen LogP contribution is 2.17. The average molecular weight is 223 g/mol. The van der Waals surface area contributed by atoms with Gasteiger partial charge in [0.15, 0.2) is 0 Å². The topological polar surface area (TPSA) is 91.2 Å². The summed E-state index contributed by atoms with van der Waals surface area (Å²) >= 11 is 0. The third-order valence-electron chi connectivity index (χ3n) is 2.24. The van der Waals surface area contributed by atoms with Gasteiger partial charge in [-0.1, -0.05) is 6.07 Å². The summed E-state index contributed by atoms with van der Waals surface area (Å²) in [6.45, 7) is 3.64. The minimum Gasteiger partial charge on any atom is -0.444 e. The molecule has 1 aromatic heterocycles. The molecular weight excluding hydrogens is 206 g/mol. The first kappa shape index (κ1) is 12.3. The summed E-state index contributed by atoms with van der Waals surface area (Å²) in [6.07, 6.45) is 2.41. The fourth-order valence-electron chi connectivity index (χ4n) is 1.35. The van der Waals surface area contributed by atoms with Gasteiger partial charge in [-0.15, -0.1) is 0 Å². The van der Waals surface area contributed by atoms with Gasteiger partial charge in [-0.2, -0.15) is 0 Å². The number of hydrogen-bond acceptors (Lipinski definition) is 4. The second-order valence-electron chi connectivity index (χ2n) is 4.27. The van der Waals surface area contributed by atoms with Crippen LogP contribution >= 0.6 is 0 Å². The number of hydrogen-bond donors (Lipinski definition) is 2. The highest BCUT2D eigenvalue weighted by molar-refractivity contribution is 5.65. The Morgan fingerprint density at radius 1 is 1.50 bits per heavy atom. The summed E-state index contributed by atoms with van der Waals surface area (Å²) in [6, 6.07) is 3.65. The van der Waals surface area contributed by atoms with Crippen molar-refractivity contribution < 1.29 is 9.53 Å². The van der Waals surface area contributed by atoms with E-state index in [0.717, 1.165) is 12.0 Å². The number of carbonyl (C=O) groups is 1. The lowest BCUT2D eigenvalue weighted by atomic mass is 9.99. The van der Waals surface area contributed by atoms with Crippen LogP contribution in [0.5, 0.6) is 0 Å². The molecular formula is C11H17N3O2. The molecule has 16 heavy (non-hydrogen) atoms. The molecule has 0 aliphatic carbocycles. The smallest absolute Gasteiger partial charge is 0.405 e. The van der Waals surface area contributed by atoms with Gasteiger partial charge < -0.3 is 16.2 Å². The molecule has 1 rings (SSSR count). The quantitative estimate of drug-likeness (QED) is 0.808. The standard InChI is InChI=1S/C11H17N3O2/c1-11(2,16-10(13)15)6-5-8-3-4-9(12)14-7-8/h3-4,7H,5-6H2,1-2H3,(H2,12,14)(H2,13,15). The maximum atomic E-state index is 10.6. The monoisotopic (exact) mass is 223 g/mol. The molecule has 0 aliphatic rings. The van der Waals surface area contributed by atoms with Crippen LogP contribution < -0.4 is 11.5 Å². The van der Waals surface area contributed by atoms with E-state index >= 15 is 0 Å². The molecule has 5 heteroatoms. The zero-order valence-corrected chi connectivity index (χ0v) is 9.56. The van der Waals surface area contributed by atoms with Crippen molar-refractivity contribution in [3.05, 3.63) is 23.9 Å². The van der Waals surface area contributed by atoms with E-state index in [4.69, 9.17) is 16.2 Å². The highest BCUT2D eigenvalue weighted by Gasteiger charge is 2.21. The van der Waals surface area contributed by atoms with Crippen LogP contribution in [0.25, 0.3) is 0 Å². The fraction of sp³-hybridized carbons (Fsp3) is 0.455. The van der Waals surface area contributed by atoms with E-state index in [2.05, 4.69) is 4.98 Å². The van der Waals surface area contributed by atoms with Gasteiger partial charge in [0.1, 0.15) is 11.4 Å². The third kappa shape index (κ3) is 4.16. The molecule has 0 aromatic carbocycles. The van der Waals surface area contributed by atoms with Crippen molar-refractivity contribution in [2.45, 2.75) is 32.3 Å². The number of amides is 1. The second kappa shape index (κ2) is 4.83. The summed E-state index contributed by atoms with van der Waals surface area (Å²) in [5.74, 6) is 0.497. The van der Waals surface area contributed by atoms with Gasteiger partial charge in [-0.05, 0) is 38.3 Å². The number of nitrogen functional groups attached to an aromatic ring is 1. The van der Waals surface area contributed by atoms with E-state index in [9.17, 15) is 4.79 Å². The zero-order valence-electron chi connectivity index (χ0n) is 9.56. The third-order valence-corrected chi connectivity index (χ3v) is 2.24. The van der Waals surface area contributed by atoms with Gasteiger partial charge in [0.2, 0.25) is 0 Å². The number of rotatable bonds is 4. The number of aromatic nitrogens is 1. The molecule has 0 unspecified atom stereocenters. The van der Waals surface area contributed by atoms with E-state index in [1.807, 2.05) is 19.9 Å². The molecule has 0 aliphatic heterocycles. The van der Waals surface area contributed by atoms with Crippen LogP contribution in [0.4, 0.5) is 10.6 Å².